The van der Waals surface area contributed by atoms with Gasteiger partial charge >= 0.3 is 96.4 Å². The van der Waals surface area contributed by atoms with Crippen molar-refractivity contribution in [2.75, 3.05) is 0 Å². The van der Waals surface area contributed by atoms with Crippen LogP contribution in [0, 0.1) is 0 Å². The van der Waals surface area contributed by atoms with Crippen molar-refractivity contribution in [1.82, 2.24) is 0 Å². The van der Waals surface area contributed by atoms with E-state index in [0.29, 0.717) is 0 Å². The van der Waals surface area contributed by atoms with E-state index in [0.717, 1.165) is 0 Å². The average molecular weight is 305 g/mol. The molecule has 0 N–H and O–H groups in total. The zero-order chi connectivity index (χ0) is 10.9. The van der Waals surface area contributed by atoms with E-state index in [9.17, 15) is 0 Å². The topological polar surface area (TPSA) is 0 Å². The van der Waals surface area contributed by atoms with Gasteiger partial charge in [0, 0.05) is 0 Å². The van der Waals surface area contributed by atoms with Crippen LogP contribution in [-0.4, -0.2) is 18.4 Å². The molecule has 0 nitrogen and oxygen atoms in total. The first-order valence-corrected chi connectivity index (χ1v) is 16.1. The first-order chi connectivity index (χ1) is 7.04. The summed E-state index contributed by atoms with van der Waals surface area (Å²) in [4.78, 5) is 7.47. The molecule has 0 aliphatic rings. The van der Waals surface area contributed by atoms with E-state index in [-0.39, 0.29) is 0 Å². The van der Waals surface area contributed by atoms with Gasteiger partial charge in [-0.25, -0.2) is 0 Å². The van der Waals surface area contributed by atoms with E-state index in [1.165, 1.54) is 20.8 Å². The van der Waals surface area contributed by atoms with Gasteiger partial charge in [0.15, 0.2) is 0 Å². The SMILES string of the molecule is [CH3][Sn]([CH3])([CH3])[CH2]c1ccc2ccccc2c1. The molecule has 0 heterocycles. The van der Waals surface area contributed by atoms with Crippen LogP contribution in [0.15, 0.2) is 42.5 Å². The van der Waals surface area contributed by atoms with E-state index in [2.05, 4.69) is 57.3 Å². The van der Waals surface area contributed by atoms with Gasteiger partial charge in [-0.3, -0.25) is 0 Å². The molecule has 0 atom stereocenters. The minimum absolute atomic E-state index is 1.35. The summed E-state index contributed by atoms with van der Waals surface area (Å²) in [6.07, 6.45) is 0. The molecule has 0 bridgehead atoms. The van der Waals surface area contributed by atoms with Crippen LogP contribution >= 0.6 is 0 Å². The molecule has 0 amide bonds. The summed E-state index contributed by atoms with van der Waals surface area (Å²) >= 11 is -1.68. The van der Waals surface area contributed by atoms with Gasteiger partial charge in [-0.2, -0.15) is 0 Å². The molecular weight excluding hydrogens is 287 g/mol. The van der Waals surface area contributed by atoms with Gasteiger partial charge in [-0.05, 0) is 0 Å². The Morgan fingerprint density at radius 1 is 0.867 bits per heavy atom. The summed E-state index contributed by atoms with van der Waals surface area (Å²) in [6, 6.07) is 15.5. The molecule has 2 aromatic rings. The summed E-state index contributed by atoms with van der Waals surface area (Å²) < 4.78 is 1.35. The number of fused-ring (bicyclic) bond motifs is 1. The number of benzene rings is 2. The molecule has 1 heteroatoms. The molecule has 0 aliphatic carbocycles. The maximum atomic E-state index is 2.49. The number of rotatable bonds is 2. The van der Waals surface area contributed by atoms with Crippen molar-refractivity contribution >= 4 is 29.1 Å². The van der Waals surface area contributed by atoms with E-state index in [4.69, 9.17) is 0 Å². The average Bonchev–Trinajstić information content (AvgIpc) is 2.15. The predicted octanol–water partition coefficient (Wildman–Crippen LogP) is 4.26. The second-order valence-corrected chi connectivity index (χ2v) is 21.0. The molecule has 0 saturated heterocycles. The fourth-order valence-electron chi connectivity index (χ4n) is 1.96. The van der Waals surface area contributed by atoms with Crippen LogP contribution in [0.1, 0.15) is 5.56 Å². The molecule has 0 unspecified atom stereocenters. The first kappa shape index (κ1) is 11.0. The number of hydrogen-bond donors (Lipinski definition) is 0. The summed E-state index contributed by atoms with van der Waals surface area (Å²) in [6.45, 7) is 0. The fourth-order valence-corrected chi connectivity index (χ4v) is 6.08. The van der Waals surface area contributed by atoms with Crippen LogP contribution in [0.3, 0.4) is 0 Å². The fraction of sp³-hybridized carbons (Fsp3) is 0.286. The molecule has 0 fully saturated rings. The summed E-state index contributed by atoms with van der Waals surface area (Å²) in [5, 5.41) is 2.73. The van der Waals surface area contributed by atoms with Crippen LogP contribution < -0.4 is 0 Å². The standard InChI is InChI=1S/C11H9.3CH3.Sn/c1-9-6-7-10-4-2-3-5-11(10)8-9;;;;/h2-8H,1H2;3*1H3;. The molecule has 0 radical (unpaired) electrons. The first-order valence-electron chi connectivity index (χ1n) is 5.52. The summed E-state index contributed by atoms with van der Waals surface area (Å²) in [5.74, 6) is 0. The second kappa shape index (κ2) is 4.17. The van der Waals surface area contributed by atoms with Crippen molar-refractivity contribution in [3.63, 3.8) is 0 Å². The van der Waals surface area contributed by atoms with Crippen LogP contribution in [-0.2, 0) is 4.44 Å². The van der Waals surface area contributed by atoms with Crippen LogP contribution in [0.2, 0.25) is 14.8 Å². The Balaban J connectivity index is 2.39. The van der Waals surface area contributed by atoms with Gasteiger partial charge in [-0.1, -0.05) is 0 Å². The predicted molar refractivity (Wildman–Crippen MR) is 71.0 cm³/mol. The van der Waals surface area contributed by atoms with Crippen LogP contribution in [0.25, 0.3) is 10.8 Å². The van der Waals surface area contributed by atoms with Gasteiger partial charge in [0.05, 0.1) is 0 Å². The van der Waals surface area contributed by atoms with Crippen molar-refractivity contribution in [2.45, 2.75) is 19.3 Å². The van der Waals surface area contributed by atoms with Crippen molar-refractivity contribution in [1.29, 1.82) is 0 Å². The van der Waals surface area contributed by atoms with E-state index < -0.39 is 18.4 Å². The molecule has 0 spiro atoms. The Labute approximate surface area is 96.2 Å². The van der Waals surface area contributed by atoms with Crippen molar-refractivity contribution in [2.24, 2.45) is 0 Å². The van der Waals surface area contributed by atoms with Crippen LogP contribution in [0.4, 0.5) is 0 Å². The Morgan fingerprint density at radius 3 is 2.20 bits per heavy atom. The van der Waals surface area contributed by atoms with E-state index >= 15 is 0 Å². The Bertz CT molecular complexity index is 466. The van der Waals surface area contributed by atoms with E-state index in [1.54, 1.807) is 0 Å². The maximum absolute atomic E-state index is 2.49. The summed E-state index contributed by atoms with van der Waals surface area (Å²) in [7, 11) is 0. The summed E-state index contributed by atoms with van der Waals surface area (Å²) in [5.41, 5.74) is 1.52. The quantitative estimate of drug-likeness (QED) is 0.727. The van der Waals surface area contributed by atoms with Crippen molar-refractivity contribution < 1.29 is 0 Å². The zero-order valence-corrected chi connectivity index (χ0v) is 12.6. The molecule has 78 valence electrons. The molecular formula is C14H18Sn. The van der Waals surface area contributed by atoms with Crippen LogP contribution in [0.5, 0.6) is 0 Å². The van der Waals surface area contributed by atoms with Gasteiger partial charge < -0.3 is 0 Å². The Morgan fingerprint density at radius 2 is 1.53 bits per heavy atom. The van der Waals surface area contributed by atoms with E-state index in [1.807, 2.05) is 0 Å². The molecule has 15 heavy (non-hydrogen) atoms. The third-order valence-corrected chi connectivity index (χ3v) is 6.74. The normalized spacial score (nSPS) is 11.9. The zero-order valence-electron chi connectivity index (χ0n) is 9.75. The third kappa shape index (κ3) is 2.97. The molecule has 0 aliphatic heterocycles. The molecule has 0 aromatic heterocycles. The Kier molecular flexibility index (Phi) is 3.05. The monoisotopic (exact) mass is 306 g/mol. The Hall–Kier alpha value is -0.501. The van der Waals surface area contributed by atoms with Crippen molar-refractivity contribution in [3.05, 3.63) is 48.0 Å². The van der Waals surface area contributed by atoms with Gasteiger partial charge in [0.1, 0.15) is 0 Å². The molecule has 2 rings (SSSR count). The second-order valence-electron chi connectivity index (χ2n) is 5.42. The van der Waals surface area contributed by atoms with Crippen molar-refractivity contribution in [3.8, 4) is 0 Å². The third-order valence-electron chi connectivity index (χ3n) is 2.55. The molecule has 2 aromatic carbocycles. The van der Waals surface area contributed by atoms with Gasteiger partial charge in [0.2, 0.25) is 0 Å². The van der Waals surface area contributed by atoms with Gasteiger partial charge in [-0.15, -0.1) is 0 Å². The number of hydrogen-bond acceptors (Lipinski definition) is 0. The van der Waals surface area contributed by atoms with Gasteiger partial charge in [0.25, 0.3) is 0 Å². The minimum atomic E-state index is -1.68. The molecule has 0 saturated carbocycles.